The van der Waals surface area contributed by atoms with E-state index in [1.165, 1.54) is 0 Å². The van der Waals surface area contributed by atoms with Crippen LogP contribution in [0.3, 0.4) is 0 Å². The first kappa shape index (κ1) is 25.2. The molecule has 0 unspecified atom stereocenters. The summed E-state index contributed by atoms with van der Waals surface area (Å²) in [6.45, 7) is 1.24. The third-order valence-electron chi connectivity index (χ3n) is 4.30. The summed E-state index contributed by atoms with van der Waals surface area (Å²) in [5.74, 6) is 11.4. The number of carbonyl (C=O) groups is 2. The predicted molar refractivity (Wildman–Crippen MR) is 116 cm³/mol. The van der Waals surface area contributed by atoms with Crippen LogP contribution in [0.15, 0.2) is 22.7 Å². The Morgan fingerprint density at radius 1 is 0.724 bits per heavy atom. The van der Waals surface area contributed by atoms with Gasteiger partial charge in [0.15, 0.2) is 0 Å². The van der Waals surface area contributed by atoms with E-state index in [2.05, 4.69) is 26.8 Å². The third-order valence-corrected chi connectivity index (χ3v) is 4.76. The molecule has 0 aliphatic carbocycles. The maximum Gasteiger partial charge on any atom is 0.233 e. The van der Waals surface area contributed by atoms with Crippen molar-refractivity contribution in [1.29, 1.82) is 0 Å². The van der Waals surface area contributed by atoms with Gasteiger partial charge in [0.05, 0.1) is 13.2 Å². The molecule has 29 heavy (non-hydrogen) atoms. The minimum atomic E-state index is -0.123. The third kappa shape index (κ3) is 13.1. The highest BCUT2D eigenvalue weighted by Gasteiger charge is 2.03. The molecule has 0 aliphatic heterocycles. The molecule has 0 heterocycles. The summed E-state index contributed by atoms with van der Waals surface area (Å²) in [4.78, 5) is 22.1. The van der Waals surface area contributed by atoms with Crippen LogP contribution >= 0.6 is 15.9 Å². The van der Waals surface area contributed by atoms with Crippen LogP contribution in [-0.4, -0.2) is 25.0 Å². The molecular weight excluding hydrogens is 440 g/mol. The highest BCUT2D eigenvalue weighted by atomic mass is 79.9. The van der Waals surface area contributed by atoms with Crippen molar-refractivity contribution in [3.8, 4) is 11.5 Å². The molecule has 1 aromatic carbocycles. The van der Waals surface area contributed by atoms with Crippen LogP contribution < -0.4 is 32.0 Å². The summed E-state index contributed by atoms with van der Waals surface area (Å²) in [6.07, 6.45) is 8.39. The molecule has 0 radical (unpaired) electrons. The predicted octanol–water partition coefficient (Wildman–Crippen LogP) is 3.09. The average Bonchev–Trinajstić information content (AvgIpc) is 2.71. The molecule has 9 heteroatoms. The van der Waals surface area contributed by atoms with Crippen molar-refractivity contribution in [2.75, 3.05) is 13.2 Å². The number of hydrogen-bond donors (Lipinski definition) is 4. The number of halogens is 1. The lowest BCUT2D eigenvalue weighted by molar-refractivity contribution is -0.122. The van der Waals surface area contributed by atoms with Gasteiger partial charge in [0.2, 0.25) is 11.8 Å². The molecule has 0 saturated carbocycles. The summed E-state index contributed by atoms with van der Waals surface area (Å²) >= 11 is 3.48. The van der Waals surface area contributed by atoms with Crippen molar-refractivity contribution in [3.63, 3.8) is 0 Å². The number of benzene rings is 1. The maximum absolute atomic E-state index is 11.0. The van der Waals surface area contributed by atoms with E-state index in [0.717, 1.165) is 67.3 Å². The Hall–Kier alpha value is -1.84. The van der Waals surface area contributed by atoms with Gasteiger partial charge in [-0.05, 0) is 37.8 Å². The van der Waals surface area contributed by atoms with Crippen LogP contribution in [0, 0.1) is 0 Å². The monoisotopic (exact) mass is 472 g/mol. The van der Waals surface area contributed by atoms with Crippen molar-refractivity contribution in [1.82, 2.24) is 10.9 Å². The van der Waals surface area contributed by atoms with E-state index in [4.69, 9.17) is 21.2 Å². The summed E-state index contributed by atoms with van der Waals surface area (Å²) in [7, 11) is 0. The van der Waals surface area contributed by atoms with E-state index >= 15 is 0 Å². The van der Waals surface area contributed by atoms with Gasteiger partial charge in [-0.15, -0.1) is 0 Å². The lowest BCUT2D eigenvalue weighted by Crippen LogP contribution is -2.29. The van der Waals surface area contributed by atoms with Crippen LogP contribution in [0.2, 0.25) is 0 Å². The van der Waals surface area contributed by atoms with Crippen LogP contribution in [0.5, 0.6) is 11.5 Å². The lowest BCUT2D eigenvalue weighted by Gasteiger charge is -2.11. The zero-order chi connectivity index (χ0) is 21.3. The second-order valence-corrected chi connectivity index (χ2v) is 7.70. The second-order valence-electron chi connectivity index (χ2n) is 6.78. The Labute approximate surface area is 181 Å². The topological polar surface area (TPSA) is 129 Å². The number of nitrogens with two attached hydrogens (primary N) is 2. The highest BCUT2D eigenvalue weighted by Crippen LogP contribution is 2.27. The van der Waals surface area contributed by atoms with E-state index in [1.54, 1.807) is 0 Å². The van der Waals surface area contributed by atoms with E-state index in [1.807, 2.05) is 18.2 Å². The van der Waals surface area contributed by atoms with Gasteiger partial charge in [-0.2, -0.15) is 0 Å². The fraction of sp³-hybridized carbons (Fsp3) is 0.600. The molecule has 0 spiro atoms. The molecule has 1 rings (SSSR count). The first-order valence-electron chi connectivity index (χ1n) is 10.1. The van der Waals surface area contributed by atoms with Crippen LogP contribution in [-0.2, 0) is 9.59 Å². The number of rotatable bonds is 16. The number of nitrogens with one attached hydrogen (secondary N) is 2. The van der Waals surface area contributed by atoms with Crippen molar-refractivity contribution in [2.45, 2.75) is 64.2 Å². The number of hydrazine groups is 2. The van der Waals surface area contributed by atoms with E-state index in [0.29, 0.717) is 26.1 Å². The molecule has 0 fully saturated rings. The average molecular weight is 473 g/mol. The molecule has 0 aromatic heterocycles. The van der Waals surface area contributed by atoms with Crippen molar-refractivity contribution in [3.05, 3.63) is 22.7 Å². The fourth-order valence-electron chi connectivity index (χ4n) is 2.71. The van der Waals surface area contributed by atoms with Crippen LogP contribution in [0.1, 0.15) is 64.2 Å². The Morgan fingerprint density at radius 2 is 1.14 bits per heavy atom. The molecule has 8 nitrogen and oxygen atoms in total. The molecular formula is C20H33BrN4O4. The molecule has 6 N–H and O–H groups in total. The maximum atomic E-state index is 11.0. The molecule has 164 valence electrons. The normalized spacial score (nSPS) is 10.4. The Bertz CT molecular complexity index is 568. The molecule has 0 atom stereocenters. The van der Waals surface area contributed by atoms with Gasteiger partial charge in [-0.3, -0.25) is 20.4 Å². The quantitative estimate of drug-likeness (QED) is 0.126. The minimum Gasteiger partial charge on any atom is -0.493 e. The lowest BCUT2D eigenvalue weighted by atomic mass is 10.1. The highest BCUT2D eigenvalue weighted by molar-refractivity contribution is 9.10. The SMILES string of the molecule is NNC(=O)CCCCCCOc1cc(Br)cc(OCCCCCCC(=O)NN)c1. The molecule has 1 aromatic rings. The number of carbonyl (C=O) groups excluding carboxylic acids is 2. The first-order valence-corrected chi connectivity index (χ1v) is 10.9. The van der Waals surface area contributed by atoms with Gasteiger partial charge in [0.1, 0.15) is 11.5 Å². The Morgan fingerprint density at radius 3 is 1.55 bits per heavy atom. The Kier molecular flexibility index (Phi) is 13.9. The molecule has 0 saturated heterocycles. The summed E-state index contributed by atoms with van der Waals surface area (Å²) in [6, 6.07) is 5.73. The second kappa shape index (κ2) is 16.0. The number of hydrogen-bond acceptors (Lipinski definition) is 6. The van der Waals surface area contributed by atoms with Gasteiger partial charge in [-0.25, -0.2) is 11.7 Å². The van der Waals surface area contributed by atoms with E-state index < -0.39 is 0 Å². The van der Waals surface area contributed by atoms with Gasteiger partial charge < -0.3 is 9.47 Å². The van der Waals surface area contributed by atoms with Gasteiger partial charge in [0, 0.05) is 23.4 Å². The smallest absolute Gasteiger partial charge is 0.233 e. The number of amides is 2. The molecule has 0 aliphatic rings. The fourth-order valence-corrected chi connectivity index (χ4v) is 3.16. The number of ether oxygens (including phenoxy) is 2. The van der Waals surface area contributed by atoms with Crippen LogP contribution in [0.25, 0.3) is 0 Å². The van der Waals surface area contributed by atoms with E-state index in [9.17, 15) is 9.59 Å². The molecule has 0 bridgehead atoms. The minimum absolute atomic E-state index is 0.123. The first-order chi connectivity index (χ1) is 14.0. The van der Waals surface area contributed by atoms with Crippen molar-refractivity contribution < 1.29 is 19.1 Å². The van der Waals surface area contributed by atoms with Crippen molar-refractivity contribution in [2.24, 2.45) is 11.7 Å². The van der Waals surface area contributed by atoms with Gasteiger partial charge in [0.25, 0.3) is 0 Å². The standard InChI is InChI=1S/C20H33BrN4O4/c21-16-13-17(28-11-7-3-1-5-9-19(26)24-22)15-18(14-16)29-12-8-4-2-6-10-20(27)25-23/h13-15H,1-12,22-23H2,(H,24,26)(H,25,27). The number of unbranched alkanes of at least 4 members (excludes halogenated alkanes) is 6. The van der Waals surface area contributed by atoms with Crippen LogP contribution in [0.4, 0.5) is 0 Å². The van der Waals surface area contributed by atoms with Gasteiger partial charge >= 0.3 is 0 Å². The van der Waals surface area contributed by atoms with Gasteiger partial charge in [-0.1, -0.05) is 41.6 Å². The van der Waals surface area contributed by atoms with E-state index in [-0.39, 0.29) is 11.8 Å². The zero-order valence-electron chi connectivity index (χ0n) is 16.9. The summed E-state index contributed by atoms with van der Waals surface area (Å²) in [5.41, 5.74) is 4.27. The Balaban J connectivity index is 2.17. The molecule has 2 amide bonds. The summed E-state index contributed by atoms with van der Waals surface area (Å²) in [5, 5.41) is 0. The summed E-state index contributed by atoms with van der Waals surface area (Å²) < 4.78 is 12.5. The van der Waals surface area contributed by atoms with Crippen molar-refractivity contribution >= 4 is 27.7 Å². The zero-order valence-corrected chi connectivity index (χ0v) is 18.5. The largest absolute Gasteiger partial charge is 0.493 e.